The largest absolute Gasteiger partial charge is 0.654 e. The average molecular weight is 405 g/mol. The highest BCUT2D eigenvalue weighted by Gasteiger charge is 2.43. The fourth-order valence-electron chi connectivity index (χ4n) is 2.89. The molecule has 0 saturated heterocycles. The SMILES string of the molecule is CO[B-]12O/C(=C/[NH2+]c3ccc(Cl)cc3O)C=CC1=Nc1ccc(Cl)cc1O2. The lowest BCUT2D eigenvalue weighted by atomic mass is 9.68. The Morgan fingerprint density at radius 1 is 1.11 bits per heavy atom. The minimum atomic E-state index is -2.29. The van der Waals surface area contributed by atoms with E-state index in [2.05, 4.69) is 4.99 Å². The maximum atomic E-state index is 9.96. The summed E-state index contributed by atoms with van der Waals surface area (Å²) in [6.45, 7) is -2.29. The lowest BCUT2D eigenvalue weighted by Crippen LogP contribution is -2.71. The number of nitrogens with two attached hydrogens (primary N) is 1. The van der Waals surface area contributed by atoms with Crippen molar-refractivity contribution >= 4 is 46.9 Å². The maximum Gasteiger partial charge on any atom is 0.541 e. The standard InChI is InChI=1S/C18H14BCl2N2O4/c1-25-19-18(23-15-6-3-12(21)9-17(15)27-19)7-4-13(26-19)10-22-14-5-2-11(20)8-16(14)24/h2-10,22,24H,1H3/q-1/p+1/b13-10+. The minimum Gasteiger partial charge on any atom is -0.654 e. The highest BCUT2D eigenvalue weighted by molar-refractivity contribution is 6.96. The molecule has 0 amide bonds. The lowest BCUT2D eigenvalue weighted by Gasteiger charge is -2.45. The average Bonchev–Trinajstić information content (AvgIpc) is 2.65. The van der Waals surface area contributed by atoms with E-state index < -0.39 is 6.75 Å². The normalized spacial score (nSPS) is 21.7. The fraction of sp³-hybridized carbons (Fsp3) is 0.0556. The van der Waals surface area contributed by atoms with Crippen LogP contribution in [-0.4, -0.2) is 24.6 Å². The van der Waals surface area contributed by atoms with Crippen LogP contribution in [0.2, 0.25) is 10.0 Å². The number of rotatable bonds is 3. The van der Waals surface area contributed by atoms with E-state index in [0.29, 0.717) is 38.5 Å². The zero-order valence-corrected chi connectivity index (χ0v) is 15.7. The van der Waals surface area contributed by atoms with Gasteiger partial charge < -0.3 is 19.1 Å². The quantitative estimate of drug-likeness (QED) is 0.465. The predicted molar refractivity (Wildman–Crippen MR) is 105 cm³/mol. The molecule has 0 radical (unpaired) electrons. The van der Waals surface area contributed by atoms with Crippen molar-refractivity contribution in [2.75, 3.05) is 7.11 Å². The third-order valence-corrected chi connectivity index (χ3v) is 4.73. The molecule has 27 heavy (non-hydrogen) atoms. The van der Waals surface area contributed by atoms with Crippen LogP contribution in [-0.2, 0) is 9.31 Å². The summed E-state index contributed by atoms with van der Waals surface area (Å²) < 4.78 is 17.6. The lowest BCUT2D eigenvalue weighted by molar-refractivity contribution is -0.499. The van der Waals surface area contributed by atoms with Gasteiger partial charge in [0.15, 0.2) is 11.4 Å². The highest BCUT2D eigenvalue weighted by atomic mass is 35.5. The van der Waals surface area contributed by atoms with Crippen LogP contribution in [0, 0.1) is 0 Å². The number of nitrogens with zero attached hydrogens (tertiary/aromatic N) is 1. The van der Waals surface area contributed by atoms with Crippen molar-refractivity contribution in [3.8, 4) is 11.5 Å². The first-order valence-corrected chi connectivity index (χ1v) is 8.91. The van der Waals surface area contributed by atoms with Crippen molar-refractivity contribution in [3.63, 3.8) is 0 Å². The first-order chi connectivity index (χ1) is 13.0. The molecule has 0 aromatic heterocycles. The van der Waals surface area contributed by atoms with Crippen LogP contribution in [0.1, 0.15) is 0 Å². The molecule has 2 aromatic carbocycles. The van der Waals surface area contributed by atoms with Crippen molar-refractivity contribution in [2.24, 2.45) is 4.99 Å². The van der Waals surface area contributed by atoms with Gasteiger partial charge in [0.05, 0.1) is 5.69 Å². The topological polar surface area (TPSA) is 76.9 Å². The summed E-state index contributed by atoms with van der Waals surface area (Å²) in [5.74, 6) is 1.06. The molecule has 3 N–H and O–H groups in total. The van der Waals surface area contributed by atoms with E-state index in [1.165, 1.54) is 13.2 Å². The number of allylic oxidation sites excluding steroid dienone is 2. The van der Waals surface area contributed by atoms with Gasteiger partial charge in [-0.2, -0.15) is 0 Å². The first-order valence-electron chi connectivity index (χ1n) is 8.16. The van der Waals surface area contributed by atoms with Gasteiger partial charge in [-0.3, -0.25) is 10.3 Å². The Hall–Kier alpha value is -2.45. The van der Waals surface area contributed by atoms with Gasteiger partial charge in [0.2, 0.25) is 0 Å². The molecule has 2 aliphatic heterocycles. The summed E-state index contributed by atoms with van der Waals surface area (Å²) in [5, 5.41) is 12.7. The molecule has 138 valence electrons. The van der Waals surface area contributed by atoms with E-state index in [-0.39, 0.29) is 5.75 Å². The maximum absolute atomic E-state index is 9.96. The van der Waals surface area contributed by atoms with Crippen molar-refractivity contribution in [1.29, 1.82) is 0 Å². The Bertz CT molecular complexity index is 1010. The van der Waals surface area contributed by atoms with Crippen molar-refractivity contribution < 1.29 is 24.4 Å². The van der Waals surface area contributed by atoms with Crippen LogP contribution in [0.4, 0.5) is 11.4 Å². The number of hydrogen-bond acceptors (Lipinski definition) is 5. The molecule has 0 bridgehead atoms. The predicted octanol–water partition coefficient (Wildman–Crippen LogP) is 3.61. The van der Waals surface area contributed by atoms with E-state index in [9.17, 15) is 5.11 Å². The molecule has 1 unspecified atom stereocenters. The van der Waals surface area contributed by atoms with Crippen LogP contribution in [0.15, 0.2) is 65.5 Å². The van der Waals surface area contributed by atoms with Gasteiger partial charge in [-0.15, -0.1) is 0 Å². The van der Waals surface area contributed by atoms with Crippen LogP contribution < -0.4 is 9.97 Å². The van der Waals surface area contributed by atoms with Gasteiger partial charge in [-0.25, -0.2) is 0 Å². The minimum absolute atomic E-state index is 0.0749. The summed E-state index contributed by atoms with van der Waals surface area (Å²) in [6.07, 6.45) is 5.24. The van der Waals surface area contributed by atoms with E-state index in [4.69, 9.17) is 37.2 Å². The molecule has 2 heterocycles. The second-order valence-corrected chi connectivity index (χ2v) is 6.91. The van der Waals surface area contributed by atoms with Crippen molar-refractivity contribution in [2.45, 2.75) is 0 Å². The number of aliphatic imine (C=N–C) groups is 1. The van der Waals surface area contributed by atoms with Gasteiger partial charge in [-0.1, -0.05) is 29.3 Å². The molecule has 2 aliphatic rings. The number of benzene rings is 2. The van der Waals surface area contributed by atoms with Crippen LogP contribution in [0.25, 0.3) is 0 Å². The number of phenols is 1. The zero-order chi connectivity index (χ0) is 19.0. The molecule has 0 spiro atoms. The Labute approximate surface area is 165 Å². The fourth-order valence-corrected chi connectivity index (χ4v) is 3.22. The van der Waals surface area contributed by atoms with Gasteiger partial charge in [0, 0.05) is 22.2 Å². The molecule has 4 rings (SSSR count). The summed E-state index contributed by atoms with van der Waals surface area (Å²) >= 11 is 11.9. The third kappa shape index (κ3) is 3.42. The van der Waals surface area contributed by atoms with Crippen LogP contribution in [0.3, 0.4) is 0 Å². The zero-order valence-electron chi connectivity index (χ0n) is 14.2. The first kappa shape index (κ1) is 17.9. The monoisotopic (exact) mass is 404 g/mol. The van der Waals surface area contributed by atoms with E-state index in [0.717, 1.165) is 0 Å². The molecule has 0 aliphatic carbocycles. The number of hydrogen-bond donors (Lipinski definition) is 2. The van der Waals surface area contributed by atoms with E-state index in [1.54, 1.807) is 54.0 Å². The Morgan fingerprint density at radius 3 is 2.67 bits per heavy atom. The summed E-state index contributed by atoms with van der Waals surface area (Å²) in [6, 6.07) is 10.1. The second kappa shape index (κ2) is 6.94. The van der Waals surface area contributed by atoms with Gasteiger partial charge in [0.25, 0.3) is 0 Å². The van der Waals surface area contributed by atoms with Crippen LogP contribution in [0.5, 0.6) is 11.5 Å². The number of phenolic OH excluding ortho intramolecular Hbond substituents is 1. The van der Waals surface area contributed by atoms with Gasteiger partial charge in [-0.05, 0) is 43.1 Å². The summed E-state index contributed by atoms with van der Waals surface area (Å²) in [5.41, 5.74) is 1.80. The third-order valence-electron chi connectivity index (χ3n) is 4.26. The molecular formula is C18H15BCl2N2O4. The molecule has 0 saturated carbocycles. The number of aromatic hydroxyl groups is 1. The number of fused-ring (bicyclic) bond motifs is 2. The highest BCUT2D eigenvalue weighted by Crippen LogP contribution is 2.39. The molecule has 9 heteroatoms. The summed E-state index contributed by atoms with van der Waals surface area (Å²) in [7, 11) is 1.50. The Kier molecular flexibility index (Phi) is 4.61. The van der Waals surface area contributed by atoms with Gasteiger partial charge in [0.1, 0.15) is 17.7 Å². The van der Waals surface area contributed by atoms with Crippen molar-refractivity contribution in [1.82, 2.24) is 0 Å². The van der Waals surface area contributed by atoms with Gasteiger partial charge >= 0.3 is 6.75 Å². The van der Waals surface area contributed by atoms with E-state index in [1.807, 2.05) is 0 Å². The number of quaternary nitrogens is 1. The molecular weight excluding hydrogens is 390 g/mol. The smallest absolute Gasteiger partial charge is 0.541 e. The second-order valence-electron chi connectivity index (χ2n) is 6.03. The molecule has 6 nitrogen and oxygen atoms in total. The molecule has 2 aromatic rings. The van der Waals surface area contributed by atoms with Crippen LogP contribution >= 0.6 is 23.2 Å². The van der Waals surface area contributed by atoms with Crippen molar-refractivity contribution in [3.05, 3.63) is 70.6 Å². The summed E-state index contributed by atoms with van der Waals surface area (Å²) in [4.78, 5) is 4.56. The van der Waals surface area contributed by atoms with E-state index >= 15 is 0 Å². The molecule has 1 atom stereocenters. The number of halogens is 2. The Morgan fingerprint density at radius 2 is 1.89 bits per heavy atom. The Balaban J connectivity index is 1.63. The molecule has 0 fully saturated rings.